The van der Waals surface area contributed by atoms with E-state index in [0.29, 0.717) is 21.4 Å². The van der Waals surface area contributed by atoms with Gasteiger partial charge in [-0.15, -0.1) is 10.2 Å². The second kappa shape index (κ2) is 9.01. The molecule has 0 aliphatic rings. The molecule has 12 heteroatoms. The summed E-state index contributed by atoms with van der Waals surface area (Å²) in [4.78, 5) is 23.8. The van der Waals surface area contributed by atoms with Gasteiger partial charge in [-0.25, -0.2) is 0 Å². The minimum atomic E-state index is -0.154. The smallest absolute Gasteiger partial charge is 0.234 e. The number of hydrogen-bond donors (Lipinski definition) is 4. The van der Waals surface area contributed by atoms with Crippen LogP contribution in [0.3, 0.4) is 0 Å². The number of nitrogens with zero attached hydrogens (tertiary/aromatic N) is 4. The van der Waals surface area contributed by atoms with E-state index in [1.807, 2.05) is 0 Å². The lowest BCUT2D eigenvalue weighted by Crippen LogP contribution is -2.15. The zero-order valence-electron chi connectivity index (χ0n) is 13.3. The molecule has 3 rings (SSSR count). The number of amides is 2. The first-order valence-corrected chi connectivity index (χ1v) is 9.33. The molecule has 0 aliphatic carbocycles. The van der Waals surface area contributed by atoms with Crippen LogP contribution in [0.1, 0.15) is 0 Å². The molecule has 26 heavy (non-hydrogen) atoms. The van der Waals surface area contributed by atoms with Crippen molar-refractivity contribution >= 4 is 46.7 Å². The van der Waals surface area contributed by atoms with Crippen molar-refractivity contribution in [2.24, 2.45) is 0 Å². The van der Waals surface area contributed by atoms with Gasteiger partial charge in [-0.2, -0.15) is 20.6 Å². The van der Waals surface area contributed by atoms with Gasteiger partial charge in [-0.1, -0.05) is 23.5 Å². The number of aromatic amines is 2. The third-order valence-electron chi connectivity index (χ3n) is 2.94. The molecule has 0 radical (unpaired) electrons. The van der Waals surface area contributed by atoms with Gasteiger partial charge in [0, 0.05) is 11.4 Å². The van der Waals surface area contributed by atoms with Crippen LogP contribution in [0.5, 0.6) is 0 Å². The van der Waals surface area contributed by atoms with Gasteiger partial charge in [0.15, 0.2) is 0 Å². The minimum Gasteiger partial charge on any atom is -0.325 e. The molecule has 0 bridgehead atoms. The molecule has 0 saturated carbocycles. The number of thioether (sulfide) groups is 2. The van der Waals surface area contributed by atoms with Crippen molar-refractivity contribution in [2.45, 2.75) is 10.1 Å². The molecule has 4 N–H and O–H groups in total. The van der Waals surface area contributed by atoms with Crippen LogP contribution in [0.4, 0.5) is 11.4 Å². The van der Waals surface area contributed by atoms with E-state index in [-0.39, 0.29) is 23.3 Å². The van der Waals surface area contributed by atoms with E-state index in [1.54, 1.807) is 36.7 Å². The van der Waals surface area contributed by atoms with Crippen molar-refractivity contribution in [1.82, 2.24) is 30.8 Å². The SMILES string of the molecule is O=C(CSc1cn[nH]n1)Nc1ccc(NC(=O)CSc2cn[nH]n2)cc1. The summed E-state index contributed by atoms with van der Waals surface area (Å²) in [6, 6.07) is 6.89. The number of anilines is 2. The molecule has 0 fully saturated rings. The van der Waals surface area contributed by atoms with Gasteiger partial charge in [0.1, 0.15) is 10.1 Å². The molecule has 1 aromatic carbocycles. The molecule has 2 heterocycles. The zero-order chi connectivity index (χ0) is 18.2. The van der Waals surface area contributed by atoms with Crippen molar-refractivity contribution < 1.29 is 9.59 Å². The van der Waals surface area contributed by atoms with Gasteiger partial charge in [0.2, 0.25) is 11.8 Å². The quantitative estimate of drug-likeness (QED) is 0.423. The van der Waals surface area contributed by atoms with Crippen LogP contribution >= 0.6 is 23.5 Å². The highest BCUT2D eigenvalue weighted by Crippen LogP contribution is 2.17. The van der Waals surface area contributed by atoms with Gasteiger partial charge in [0.05, 0.1) is 23.9 Å². The van der Waals surface area contributed by atoms with E-state index in [0.717, 1.165) is 0 Å². The summed E-state index contributed by atoms with van der Waals surface area (Å²) in [5, 5.41) is 26.9. The summed E-state index contributed by atoms with van der Waals surface area (Å²) in [6.45, 7) is 0. The number of hydrogen-bond acceptors (Lipinski definition) is 8. The number of aromatic nitrogens is 6. The average molecular weight is 390 g/mol. The highest BCUT2D eigenvalue weighted by atomic mass is 32.2. The number of nitrogens with one attached hydrogen (secondary N) is 4. The average Bonchev–Trinajstić information content (AvgIpc) is 3.34. The molecule has 0 unspecified atom stereocenters. The first kappa shape index (κ1) is 17.9. The summed E-state index contributed by atoms with van der Waals surface area (Å²) in [6.07, 6.45) is 3.10. The Labute approximate surface area is 156 Å². The molecule has 0 spiro atoms. The van der Waals surface area contributed by atoms with Crippen LogP contribution in [0.15, 0.2) is 46.7 Å². The summed E-state index contributed by atoms with van der Waals surface area (Å²) in [7, 11) is 0. The Hall–Kier alpha value is -2.86. The van der Waals surface area contributed by atoms with Crippen molar-refractivity contribution in [3.05, 3.63) is 36.7 Å². The molecule has 0 saturated heterocycles. The Kier molecular flexibility index (Phi) is 6.22. The van der Waals surface area contributed by atoms with E-state index in [1.165, 1.54) is 23.5 Å². The van der Waals surface area contributed by atoms with Crippen molar-refractivity contribution in [3.63, 3.8) is 0 Å². The monoisotopic (exact) mass is 390 g/mol. The number of benzene rings is 1. The number of carbonyl (C=O) groups excluding carboxylic acids is 2. The molecule has 134 valence electrons. The topological polar surface area (TPSA) is 141 Å². The van der Waals surface area contributed by atoms with E-state index in [4.69, 9.17) is 0 Å². The van der Waals surface area contributed by atoms with Crippen LogP contribution < -0.4 is 10.6 Å². The lowest BCUT2D eigenvalue weighted by Gasteiger charge is -2.07. The summed E-state index contributed by atoms with van der Waals surface area (Å²) < 4.78 is 0. The fourth-order valence-electron chi connectivity index (χ4n) is 1.83. The highest BCUT2D eigenvalue weighted by Gasteiger charge is 2.07. The predicted octanol–water partition coefficient (Wildman–Crippen LogP) is 1.38. The normalized spacial score (nSPS) is 10.5. The first-order chi connectivity index (χ1) is 12.7. The lowest BCUT2D eigenvalue weighted by atomic mass is 10.3. The van der Waals surface area contributed by atoms with Gasteiger partial charge < -0.3 is 10.6 Å². The number of rotatable bonds is 8. The summed E-state index contributed by atoms with van der Waals surface area (Å²) in [5.41, 5.74) is 1.29. The van der Waals surface area contributed by atoms with Gasteiger partial charge in [-0.05, 0) is 24.3 Å². The molecule has 3 aromatic rings. The third kappa shape index (κ3) is 5.60. The second-order valence-corrected chi connectivity index (χ2v) is 6.86. The molecular weight excluding hydrogens is 376 g/mol. The van der Waals surface area contributed by atoms with E-state index >= 15 is 0 Å². The fraction of sp³-hybridized carbons (Fsp3) is 0.143. The Balaban J connectivity index is 1.42. The van der Waals surface area contributed by atoms with Crippen LogP contribution in [-0.4, -0.2) is 54.1 Å². The van der Waals surface area contributed by atoms with Crippen LogP contribution in [0.2, 0.25) is 0 Å². The highest BCUT2D eigenvalue weighted by molar-refractivity contribution is 8.00. The fourth-order valence-corrected chi connectivity index (χ4v) is 3.00. The van der Waals surface area contributed by atoms with Crippen molar-refractivity contribution in [1.29, 1.82) is 0 Å². The molecule has 10 nitrogen and oxygen atoms in total. The van der Waals surface area contributed by atoms with E-state index < -0.39 is 0 Å². The predicted molar refractivity (Wildman–Crippen MR) is 97.9 cm³/mol. The first-order valence-electron chi connectivity index (χ1n) is 7.36. The number of H-pyrrole nitrogens is 2. The second-order valence-electron chi connectivity index (χ2n) is 4.87. The van der Waals surface area contributed by atoms with Crippen LogP contribution in [0.25, 0.3) is 0 Å². The molecule has 0 atom stereocenters. The van der Waals surface area contributed by atoms with Crippen LogP contribution in [0, 0.1) is 0 Å². The molecular formula is C14H14N8O2S2. The third-order valence-corrected chi connectivity index (χ3v) is 4.74. The standard InChI is InChI=1S/C14H14N8O2S2/c23-11(7-25-13-5-15-21-19-13)17-9-1-2-10(4-3-9)18-12(24)8-26-14-6-16-22-20-14/h1-6H,7-8H2,(H,17,23)(H,18,24)(H,15,19,21)(H,16,20,22). The maximum absolute atomic E-state index is 11.9. The van der Waals surface area contributed by atoms with Gasteiger partial charge >= 0.3 is 0 Å². The van der Waals surface area contributed by atoms with E-state index in [2.05, 4.69) is 41.5 Å². The van der Waals surface area contributed by atoms with Crippen molar-refractivity contribution in [3.8, 4) is 0 Å². The largest absolute Gasteiger partial charge is 0.325 e. The number of carbonyl (C=O) groups is 2. The zero-order valence-corrected chi connectivity index (χ0v) is 14.9. The Bertz CT molecular complexity index is 765. The van der Waals surface area contributed by atoms with Gasteiger partial charge in [-0.3, -0.25) is 9.59 Å². The summed E-state index contributed by atoms with van der Waals surface area (Å²) in [5.74, 6) is 0.145. The maximum Gasteiger partial charge on any atom is 0.234 e. The van der Waals surface area contributed by atoms with Crippen LogP contribution in [-0.2, 0) is 9.59 Å². The van der Waals surface area contributed by atoms with Crippen molar-refractivity contribution in [2.75, 3.05) is 22.1 Å². The van der Waals surface area contributed by atoms with Gasteiger partial charge in [0.25, 0.3) is 0 Å². The maximum atomic E-state index is 11.9. The molecule has 0 aliphatic heterocycles. The Morgan fingerprint density at radius 1 is 0.808 bits per heavy atom. The molecule has 2 amide bonds. The Morgan fingerprint density at radius 2 is 1.23 bits per heavy atom. The van der Waals surface area contributed by atoms with E-state index in [9.17, 15) is 9.59 Å². The minimum absolute atomic E-state index is 0.154. The Morgan fingerprint density at radius 3 is 1.58 bits per heavy atom. The summed E-state index contributed by atoms with van der Waals surface area (Å²) >= 11 is 2.56. The lowest BCUT2D eigenvalue weighted by molar-refractivity contribution is -0.114. The molecule has 2 aromatic heterocycles.